The number of para-hydroxylation sites is 2. The fraction of sp³-hybridized carbons (Fsp3) is 0.281. The van der Waals surface area contributed by atoms with E-state index < -0.39 is 13.3 Å². The topological polar surface area (TPSA) is 56.7 Å². The van der Waals surface area contributed by atoms with E-state index in [2.05, 4.69) is 180 Å². The van der Waals surface area contributed by atoms with E-state index in [1.165, 1.54) is 33.5 Å². The summed E-state index contributed by atoms with van der Waals surface area (Å²) in [4.78, 5) is 14.7. The molecule has 7 heteroatoms. The molecule has 4 heterocycles. The largest absolute Gasteiger partial charge is 0.499 e. The number of pyridine rings is 2. The third-order valence-corrected chi connectivity index (χ3v) is 16.3. The summed E-state index contributed by atoms with van der Waals surface area (Å²) in [6, 6.07) is 45.3. The second-order valence-corrected chi connectivity index (χ2v) is 29.7. The molecule has 0 N–H and O–H groups in total. The van der Waals surface area contributed by atoms with Gasteiger partial charge in [-0.05, 0) is 78.3 Å². The Morgan fingerprint density at radius 1 is 0.719 bits per heavy atom. The van der Waals surface area contributed by atoms with Crippen LogP contribution in [0.3, 0.4) is 0 Å². The summed E-state index contributed by atoms with van der Waals surface area (Å²) in [5, 5.41) is 2.19. The van der Waals surface area contributed by atoms with Crippen LogP contribution in [0, 0.1) is 38.8 Å². The molecule has 5 aromatic carbocycles. The fourth-order valence-electron chi connectivity index (χ4n) is 8.98. The van der Waals surface area contributed by atoms with Crippen molar-refractivity contribution < 1.29 is 24.5 Å². The third kappa shape index (κ3) is 9.34. The van der Waals surface area contributed by atoms with Gasteiger partial charge in [-0.1, -0.05) is 88.0 Å². The van der Waals surface area contributed by atoms with Gasteiger partial charge < -0.3 is 8.98 Å². The molecule has 4 aromatic heterocycles. The summed E-state index contributed by atoms with van der Waals surface area (Å²) in [5.41, 5.74) is 17.4. The summed E-state index contributed by atoms with van der Waals surface area (Å²) in [7, 11) is 0. The van der Waals surface area contributed by atoms with E-state index in [9.17, 15) is 0 Å². The van der Waals surface area contributed by atoms with Gasteiger partial charge in [0.15, 0.2) is 0 Å². The summed E-state index contributed by atoms with van der Waals surface area (Å²) in [6.07, 6.45) is 3.27. The van der Waals surface area contributed by atoms with Crippen molar-refractivity contribution in [3.05, 3.63) is 161 Å². The number of aromatic nitrogens is 4. The van der Waals surface area contributed by atoms with Crippen molar-refractivity contribution in [2.24, 2.45) is 5.92 Å². The first kappa shape index (κ1) is 46.8. The second kappa shape index (κ2) is 19.1. The average Bonchev–Trinajstić information content (AvgIpc) is 3.83. The Bertz CT molecular complexity index is 3050. The van der Waals surface area contributed by atoms with Crippen LogP contribution in [0.5, 0.6) is 0 Å². The minimum absolute atomic E-state index is 0. The Kier molecular flexibility index (Phi) is 14.0. The van der Waals surface area contributed by atoms with Gasteiger partial charge in [-0.15, -0.1) is 17.7 Å². The van der Waals surface area contributed by atoms with E-state index in [-0.39, 0.29) is 31.9 Å². The van der Waals surface area contributed by atoms with E-state index >= 15 is 0 Å². The van der Waals surface area contributed by atoms with Crippen LogP contribution in [0.2, 0.25) is 17.3 Å². The zero-order valence-electron chi connectivity index (χ0n) is 39.4. The molecule has 0 aliphatic rings. The molecule has 0 spiro atoms. The maximum atomic E-state index is 6.68. The van der Waals surface area contributed by atoms with Crippen molar-refractivity contribution in [2.75, 3.05) is 0 Å². The number of imidazole rings is 1. The predicted octanol–water partition coefficient (Wildman–Crippen LogP) is 14.9. The van der Waals surface area contributed by atoms with Crippen LogP contribution in [0.25, 0.3) is 72.4 Å². The van der Waals surface area contributed by atoms with Crippen molar-refractivity contribution >= 4 is 50.6 Å². The molecule has 1 radical (unpaired) electrons. The summed E-state index contributed by atoms with van der Waals surface area (Å²) in [5.74, 6) is 9.40. The first-order valence-corrected chi connectivity index (χ1v) is 29.8. The molecule has 0 bridgehead atoms. The Labute approximate surface area is 396 Å². The molecule has 0 atom stereocenters. The number of hydrogen-bond donors (Lipinski definition) is 0. The maximum Gasteiger partial charge on any atom is 0.142 e. The number of aryl methyl sites for hydroxylation is 3. The van der Waals surface area contributed by atoms with Crippen LogP contribution in [0.4, 0.5) is 0 Å². The molecule has 64 heavy (non-hydrogen) atoms. The van der Waals surface area contributed by atoms with E-state index in [1.807, 2.05) is 32.0 Å². The molecule has 0 aliphatic carbocycles. The normalized spacial score (nSPS) is 11.8. The molecule has 0 unspecified atom stereocenters. The summed E-state index contributed by atoms with van der Waals surface area (Å²) in [6.45, 7) is 19.9. The van der Waals surface area contributed by atoms with Crippen molar-refractivity contribution in [2.45, 2.75) is 97.8 Å². The van der Waals surface area contributed by atoms with Gasteiger partial charge in [0.05, 0.1) is 28.1 Å². The van der Waals surface area contributed by atoms with E-state index in [0.717, 1.165) is 79.0 Å². The van der Waals surface area contributed by atoms with Crippen LogP contribution in [0.1, 0.15) is 87.0 Å². The molecule has 0 amide bonds. The first-order valence-electron chi connectivity index (χ1n) is 22.5. The fourth-order valence-corrected chi connectivity index (χ4v) is 12.3. The molecule has 0 aliphatic heterocycles. The zero-order chi connectivity index (χ0) is 44.7. The predicted molar refractivity (Wildman–Crippen MR) is 268 cm³/mol. The van der Waals surface area contributed by atoms with E-state index in [1.54, 1.807) is 4.40 Å². The van der Waals surface area contributed by atoms with Crippen molar-refractivity contribution in [1.29, 1.82) is 0 Å². The minimum atomic E-state index is -1.86. The van der Waals surface area contributed by atoms with Crippen LogP contribution < -0.4 is 4.40 Å². The third-order valence-electron chi connectivity index (χ3n) is 12.0. The van der Waals surface area contributed by atoms with Gasteiger partial charge in [-0.25, -0.2) is 0 Å². The van der Waals surface area contributed by atoms with Crippen molar-refractivity contribution in [3.8, 4) is 39.5 Å². The Morgan fingerprint density at radius 3 is 2.03 bits per heavy atom. The minimum Gasteiger partial charge on any atom is -0.499 e. The average molecular weight is 1080 g/mol. The molecule has 329 valence electrons. The molecular weight excluding hydrogens is 1020 g/mol. The number of benzene rings is 5. The van der Waals surface area contributed by atoms with Gasteiger partial charge in [0.1, 0.15) is 5.58 Å². The van der Waals surface area contributed by atoms with Gasteiger partial charge >= 0.3 is 126 Å². The molecule has 0 fully saturated rings. The van der Waals surface area contributed by atoms with Gasteiger partial charge in [-0.2, -0.15) is 0 Å². The van der Waals surface area contributed by atoms with Crippen molar-refractivity contribution in [3.63, 3.8) is 0 Å². The van der Waals surface area contributed by atoms with E-state index in [4.69, 9.17) is 19.4 Å². The molecule has 9 aromatic rings. The Hall–Kier alpha value is -5.14. The quantitative estimate of drug-likeness (QED) is 0.107. The zero-order valence-corrected chi connectivity index (χ0v) is 43.9. The second-order valence-electron chi connectivity index (χ2n) is 19.2. The number of fused-ring (bicyclic) bond motifs is 4. The molecule has 0 saturated carbocycles. The van der Waals surface area contributed by atoms with Crippen LogP contribution in [-0.2, 0) is 26.5 Å². The smallest absolute Gasteiger partial charge is 0.142 e. The van der Waals surface area contributed by atoms with Gasteiger partial charge in [0.2, 0.25) is 0 Å². The molecule has 9 rings (SSSR count). The Morgan fingerprint density at radius 2 is 1.39 bits per heavy atom. The molecule has 0 saturated heterocycles. The van der Waals surface area contributed by atoms with Crippen LogP contribution in [0.15, 0.2) is 120 Å². The van der Waals surface area contributed by atoms with Crippen molar-refractivity contribution in [1.82, 2.24) is 19.5 Å². The van der Waals surface area contributed by atoms with Gasteiger partial charge in [0, 0.05) is 36.9 Å². The first-order chi connectivity index (χ1) is 30.1. The van der Waals surface area contributed by atoms with Crippen LogP contribution >= 0.6 is 0 Å². The molecular formula is C57H60GeIrN4O-2. The maximum absolute atomic E-state index is 6.68. The summed E-state index contributed by atoms with van der Waals surface area (Å²) < 4.78 is 10.6. The Balaban J connectivity index is 0.000000246. The number of nitrogens with zero attached hydrogens (tertiary/aromatic N) is 4. The van der Waals surface area contributed by atoms with Crippen LogP contribution in [-0.4, -0.2) is 32.8 Å². The molecule has 5 nitrogen and oxygen atoms in total. The summed E-state index contributed by atoms with van der Waals surface area (Å²) >= 11 is -1.86. The number of rotatable bonds is 9. The standard InChI is InChI=1S/C39H36N3O.C18H24GeN.Ir/c1-22(2)30-20-28(27-13-9-8-10-14-27)21-31(23(3)4)36(30)42-34-16-12-11-15-33(34)41-39(42)29-18-17-24(5)35-32-19-25(6)40-26(7)37(32)43-38(29)35;1-14(2)11-16-12-18(15-9-7-6-8-10-15)20-13-17(16)19(3,4)5;/h8-17,19-23H,1-7H3;6-9,12-14H,11H2,1-5H3;/q2*-1;. The van der Waals surface area contributed by atoms with E-state index in [0.29, 0.717) is 5.92 Å². The monoisotopic (exact) mass is 1080 g/mol. The van der Waals surface area contributed by atoms with Gasteiger partial charge in [0.25, 0.3) is 0 Å². The SMILES string of the molecule is CC(C)Cc1cc(-c2[c-]cccc2)nc[c]1[Ge]([CH3])([CH3])[CH3].Cc1cc2c(oc3c(-c4nc5ccccc5n4-c4c(C(C)C)cc(-c5ccccc5)cc4C(C)C)[c-]cc(C)c32)c(C)n1.[Ir]. The van der Waals surface area contributed by atoms with Gasteiger partial charge in [-0.3, -0.25) is 9.97 Å². The number of hydrogen-bond acceptors (Lipinski definition) is 4. The number of furan rings is 1.